The second-order valence-corrected chi connectivity index (χ2v) is 9.40. The Labute approximate surface area is 193 Å². The van der Waals surface area contributed by atoms with Crippen molar-refractivity contribution in [3.63, 3.8) is 0 Å². The molecule has 170 valence electrons. The molecule has 1 amide bonds. The summed E-state index contributed by atoms with van der Waals surface area (Å²) in [4.78, 5) is 26.4. The zero-order valence-corrected chi connectivity index (χ0v) is 19.2. The van der Waals surface area contributed by atoms with E-state index in [1.165, 1.54) is 11.1 Å². The highest BCUT2D eigenvalue weighted by Crippen LogP contribution is 2.30. The van der Waals surface area contributed by atoms with Crippen molar-refractivity contribution in [1.82, 2.24) is 19.7 Å². The number of amides is 1. The molecule has 0 saturated heterocycles. The molecule has 1 saturated carbocycles. The van der Waals surface area contributed by atoms with Gasteiger partial charge in [0, 0.05) is 28.9 Å². The SMILES string of the molecule is C[C@H]1[C@H](C)CCC[C@H]1NC(=O)Cn1ncc2c3ccccc3n(Cc3ccccc3)c2c1=O. The second-order valence-electron chi connectivity index (χ2n) is 9.40. The predicted octanol–water partition coefficient (Wildman–Crippen LogP) is 4.34. The maximum Gasteiger partial charge on any atom is 0.291 e. The molecule has 2 heterocycles. The van der Waals surface area contributed by atoms with Crippen LogP contribution in [0.15, 0.2) is 65.6 Å². The van der Waals surface area contributed by atoms with Gasteiger partial charge in [-0.05, 0) is 29.9 Å². The first-order valence-electron chi connectivity index (χ1n) is 11.8. The van der Waals surface area contributed by atoms with Crippen LogP contribution in [-0.4, -0.2) is 26.3 Å². The van der Waals surface area contributed by atoms with Crippen LogP contribution in [0.1, 0.15) is 38.7 Å². The molecule has 0 spiro atoms. The van der Waals surface area contributed by atoms with E-state index in [1.807, 2.05) is 47.0 Å². The van der Waals surface area contributed by atoms with Crippen LogP contribution in [0, 0.1) is 11.8 Å². The molecule has 33 heavy (non-hydrogen) atoms. The van der Waals surface area contributed by atoms with Gasteiger partial charge in [0.25, 0.3) is 5.56 Å². The normalized spacial score (nSPS) is 20.8. The van der Waals surface area contributed by atoms with Gasteiger partial charge in [-0.2, -0.15) is 5.10 Å². The van der Waals surface area contributed by atoms with Gasteiger partial charge in [-0.1, -0.05) is 75.2 Å². The summed E-state index contributed by atoms with van der Waals surface area (Å²) < 4.78 is 3.35. The third kappa shape index (κ3) is 4.06. The number of rotatable bonds is 5. The Balaban J connectivity index is 1.50. The zero-order valence-electron chi connectivity index (χ0n) is 19.2. The smallest absolute Gasteiger partial charge is 0.291 e. The fourth-order valence-corrected chi connectivity index (χ4v) is 5.21. The fourth-order valence-electron chi connectivity index (χ4n) is 5.21. The topological polar surface area (TPSA) is 68.9 Å². The maximum absolute atomic E-state index is 13.6. The summed E-state index contributed by atoms with van der Waals surface area (Å²) in [5.74, 6) is 0.874. The highest BCUT2D eigenvalue weighted by molar-refractivity contribution is 6.07. The van der Waals surface area contributed by atoms with Crippen molar-refractivity contribution in [2.75, 3.05) is 0 Å². The molecule has 5 rings (SSSR count). The van der Waals surface area contributed by atoms with E-state index in [0.717, 1.165) is 34.7 Å². The summed E-state index contributed by atoms with van der Waals surface area (Å²) >= 11 is 0. The number of para-hydroxylation sites is 1. The van der Waals surface area contributed by atoms with Gasteiger partial charge in [0.1, 0.15) is 12.1 Å². The summed E-state index contributed by atoms with van der Waals surface area (Å²) in [6, 6.07) is 18.3. The van der Waals surface area contributed by atoms with Crippen molar-refractivity contribution in [2.45, 2.75) is 52.2 Å². The van der Waals surface area contributed by atoms with Crippen molar-refractivity contribution in [3.8, 4) is 0 Å². The van der Waals surface area contributed by atoms with Gasteiger partial charge in [-0.3, -0.25) is 9.59 Å². The maximum atomic E-state index is 13.6. The molecule has 1 N–H and O–H groups in total. The van der Waals surface area contributed by atoms with E-state index in [1.54, 1.807) is 6.20 Å². The molecule has 0 unspecified atom stereocenters. The van der Waals surface area contributed by atoms with Crippen LogP contribution in [0.2, 0.25) is 0 Å². The first-order valence-corrected chi connectivity index (χ1v) is 11.8. The summed E-state index contributed by atoms with van der Waals surface area (Å²) in [5.41, 5.74) is 2.45. The van der Waals surface area contributed by atoms with Crippen LogP contribution in [-0.2, 0) is 17.9 Å². The molecule has 0 radical (unpaired) electrons. The van der Waals surface area contributed by atoms with Gasteiger partial charge in [-0.15, -0.1) is 0 Å². The Hall–Kier alpha value is -3.41. The Morgan fingerprint density at radius 3 is 2.61 bits per heavy atom. The number of carbonyl (C=O) groups excluding carboxylic acids is 1. The van der Waals surface area contributed by atoms with E-state index in [-0.39, 0.29) is 24.1 Å². The molecule has 0 bridgehead atoms. The van der Waals surface area contributed by atoms with E-state index in [2.05, 4.69) is 36.4 Å². The number of fused-ring (bicyclic) bond motifs is 3. The average Bonchev–Trinajstić information content (AvgIpc) is 3.14. The van der Waals surface area contributed by atoms with Gasteiger partial charge in [0.05, 0.1) is 6.20 Å². The minimum absolute atomic E-state index is 0.0702. The monoisotopic (exact) mass is 442 g/mol. The Kier molecular flexibility index (Phi) is 5.75. The van der Waals surface area contributed by atoms with Gasteiger partial charge in [-0.25, -0.2) is 4.68 Å². The minimum atomic E-state index is -0.236. The summed E-state index contributed by atoms with van der Waals surface area (Å²) in [7, 11) is 0. The lowest BCUT2D eigenvalue weighted by Gasteiger charge is -2.34. The molecular weight excluding hydrogens is 412 g/mol. The molecule has 0 aliphatic heterocycles. The number of nitrogens with zero attached hydrogens (tertiary/aromatic N) is 3. The van der Waals surface area contributed by atoms with Crippen LogP contribution in [0.25, 0.3) is 21.8 Å². The lowest BCUT2D eigenvalue weighted by molar-refractivity contribution is -0.123. The molecule has 4 aromatic rings. The Morgan fingerprint density at radius 2 is 1.79 bits per heavy atom. The molecule has 2 aromatic heterocycles. The van der Waals surface area contributed by atoms with E-state index >= 15 is 0 Å². The lowest BCUT2D eigenvalue weighted by Crippen LogP contribution is -2.45. The van der Waals surface area contributed by atoms with Crippen molar-refractivity contribution in [3.05, 3.63) is 76.7 Å². The molecule has 1 aliphatic carbocycles. The van der Waals surface area contributed by atoms with E-state index in [9.17, 15) is 9.59 Å². The number of aromatic nitrogens is 3. The molecule has 2 aromatic carbocycles. The minimum Gasteiger partial charge on any atom is -0.351 e. The largest absolute Gasteiger partial charge is 0.351 e. The zero-order chi connectivity index (χ0) is 22.9. The molecule has 1 aliphatic rings. The molecule has 3 atom stereocenters. The number of hydrogen-bond acceptors (Lipinski definition) is 3. The highest BCUT2D eigenvalue weighted by atomic mass is 16.2. The number of benzene rings is 2. The Bertz CT molecular complexity index is 1360. The molecule has 1 fully saturated rings. The Morgan fingerprint density at radius 1 is 1.03 bits per heavy atom. The summed E-state index contributed by atoms with van der Waals surface area (Å²) in [6.07, 6.45) is 5.04. The van der Waals surface area contributed by atoms with Crippen molar-refractivity contribution < 1.29 is 4.79 Å². The lowest BCUT2D eigenvalue weighted by atomic mass is 9.78. The molecular formula is C27H30N4O2. The molecule has 6 heteroatoms. The van der Waals surface area contributed by atoms with Crippen molar-refractivity contribution >= 4 is 27.7 Å². The van der Waals surface area contributed by atoms with Gasteiger partial charge >= 0.3 is 0 Å². The second kappa shape index (κ2) is 8.85. The summed E-state index contributed by atoms with van der Waals surface area (Å²) in [6.45, 7) is 4.95. The van der Waals surface area contributed by atoms with Gasteiger partial charge in [0.2, 0.25) is 5.91 Å². The van der Waals surface area contributed by atoms with Crippen LogP contribution < -0.4 is 10.9 Å². The van der Waals surface area contributed by atoms with Crippen LogP contribution in [0.4, 0.5) is 0 Å². The summed E-state index contributed by atoms with van der Waals surface area (Å²) in [5, 5.41) is 9.34. The van der Waals surface area contributed by atoms with Crippen molar-refractivity contribution in [1.29, 1.82) is 0 Å². The van der Waals surface area contributed by atoms with Crippen molar-refractivity contribution in [2.24, 2.45) is 11.8 Å². The highest BCUT2D eigenvalue weighted by Gasteiger charge is 2.28. The first-order chi connectivity index (χ1) is 16.0. The quantitative estimate of drug-likeness (QED) is 0.500. The average molecular weight is 443 g/mol. The fraction of sp³-hybridized carbons (Fsp3) is 0.370. The van der Waals surface area contributed by atoms with Crippen LogP contribution in [0.3, 0.4) is 0 Å². The standard InChI is InChI=1S/C27H30N4O2/c1-18-9-8-13-23(19(18)2)29-25(32)17-31-27(33)26-22(15-28-31)21-12-6-7-14-24(21)30(26)16-20-10-4-3-5-11-20/h3-7,10-12,14-15,18-19,23H,8-9,13,16-17H2,1-2H3,(H,29,32)/t18-,19+,23-/m1/s1. The number of nitrogens with one attached hydrogen (secondary N) is 1. The predicted molar refractivity (Wildman–Crippen MR) is 131 cm³/mol. The number of carbonyl (C=O) groups is 1. The van der Waals surface area contributed by atoms with Gasteiger partial charge in [0.15, 0.2) is 0 Å². The van der Waals surface area contributed by atoms with E-state index in [0.29, 0.717) is 23.9 Å². The number of hydrogen-bond donors (Lipinski definition) is 1. The molecule has 6 nitrogen and oxygen atoms in total. The third-order valence-corrected chi connectivity index (χ3v) is 7.30. The van der Waals surface area contributed by atoms with Crippen LogP contribution in [0.5, 0.6) is 0 Å². The van der Waals surface area contributed by atoms with E-state index < -0.39 is 0 Å². The van der Waals surface area contributed by atoms with E-state index in [4.69, 9.17) is 0 Å². The third-order valence-electron chi connectivity index (χ3n) is 7.30. The first kappa shape index (κ1) is 21.4. The van der Waals surface area contributed by atoms with Gasteiger partial charge < -0.3 is 9.88 Å². The van der Waals surface area contributed by atoms with Crippen LogP contribution >= 0.6 is 0 Å².